The van der Waals surface area contributed by atoms with Gasteiger partial charge in [0.2, 0.25) is 5.91 Å². The number of unbranched alkanes of at least 4 members (excludes halogenated alkanes) is 1. The molecule has 1 aliphatic heterocycles. The average Bonchev–Trinajstić information content (AvgIpc) is 2.73. The van der Waals surface area contributed by atoms with E-state index in [1.165, 1.54) is 7.05 Å². The molecule has 150 valence electrons. The Morgan fingerprint density at radius 1 is 1.41 bits per heavy atom. The van der Waals surface area contributed by atoms with Crippen LogP contribution in [0.1, 0.15) is 39.0 Å². The fraction of sp³-hybridized carbons (Fsp3) is 0.524. The molecule has 0 aromatic carbocycles. The number of carbonyl (C=O) groups is 1. The SMILES string of the molecule is C=C/C(=C\CCC)CC(=O)Nc1ccc(N2CCC(OC)CC2)cn1.CN. The minimum atomic E-state index is -0.0663. The zero-order valence-corrected chi connectivity index (χ0v) is 16.9. The van der Waals surface area contributed by atoms with Crippen molar-refractivity contribution in [2.24, 2.45) is 5.73 Å². The zero-order chi connectivity index (χ0) is 20.1. The van der Waals surface area contributed by atoms with Gasteiger partial charge in [-0.3, -0.25) is 4.79 Å². The number of nitrogens with one attached hydrogen (secondary N) is 1. The summed E-state index contributed by atoms with van der Waals surface area (Å²) in [6, 6.07) is 3.87. The van der Waals surface area contributed by atoms with Crippen LogP contribution in [0.5, 0.6) is 0 Å². The number of allylic oxidation sites excluding steroid dienone is 2. The maximum absolute atomic E-state index is 12.1. The van der Waals surface area contributed by atoms with Crippen molar-refractivity contribution in [3.63, 3.8) is 0 Å². The van der Waals surface area contributed by atoms with Crippen molar-refractivity contribution < 1.29 is 9.53 Å². The van der Waals surface area contributed by atoms with E-state index in [0.717, 1.165) is 50.0 Å². The summed E-state index contributed by atoms with van der Waals surface area (Å²) in [5.74, 6) is 0.517. The van der Waals surface area contributed by atoms with Gasteiger partial charge in [0.1, 0.15) is 5.82 Å². The minimum Gasteiger partial charge on any atom is -0.381 e. The summed E-state index contributed by atoms with van der Waals surface area (Å²) in [7, 11) is 3.27. The molecule has 1 amide bonds. The van der Waals surface area contributed by atoms with Crippen molar-refractivity contribution in [3.05, 3.63) is 42.6 Å². The van der Waals surface area contributed by atoms with E-state index < -0.39 is 0 Å². The number of pyridine rings is 1. The maximum atomic E-state index is 12.1. The highest BCUT2D eigenvalue weighted by Crippen LogP contribution is 2.21. The van der Waals surface area contributed by atoms with Crippen LogP contribution in [0.3, 0.4) is 0 Å². The molecule has 2 heterocycles. The molecular weight excluding hydrogens is 340 g/mol. The van der Waals surface area contributed by atoms with Crippen LogP contribution in [-0.2, 0) is 9.53 Å². The van der Waals surface area contributed by atoms with Crippen LogP contribution < -0.4 is 16.0 Å². The van der Waals surface area contributed by atoms with Crippen LogP contribution in [0.15, 0.2) is 42.6 Å². The molecule has 6 heteroatoms. The second kappa shape index (κ2) is 13.1. The molecule has 0 aliphatic carbocycles. The van der Waals surface area contributed by atoms with Gasteiger partial charge in [-0.05, 0) is 44.0 Å². The van der Waals surface area contributed by atoms with Crippen molar-refractivity contribution >= 4 is 17.4 Å². The van der Waals surface area contributed by atoms with Crippen LogP contribution in [0.25, 0.3) is 0 Å². The number of hydrogen-bond acceptors (Lipinski definition) is 5. The summed E-state index contributed by atoms with van der Waals surface area (Å²) in [5, 5.41) is 2.85. The Morgan fingerprint density at radius 2 is 2.11 bits per heavy atom. The number of aromatic nitrogens is 1. The van der Waals surface area contributed by atoms with Gasteiger partial charge in [-0.2, -0.15) is 0 Å². The van der Waals surface area contributed by atoms with Crippen LogP contribution in [-0.4, -0.2) is 44.2 Å². The number of nitrogens with zero attached hydrogens (tertiary/aromatic N) is 2. The Labute approximate surface area is 163 Å². The standard InChI is InChI=1S/C20H29N3O2.CH5N/c1-4-6-7-16(5-2)14-20(24)22-19-9-8-17(15-21-19)23-12-10-18(25-3)11-13-23;1-2/h5,7-9,15,18H,2,4,6,10-14H2,1,3H3,(H,21,22,24);2H2,1H3/b16-7+;. The fourth-order valence-electron chi connectivity index (χ4n) is 2.93. The van der Waals surface area contributed by atoms with Crippen LogP contribution >= 0.6 is 0 Å². The highest BCUT2D eigenvalue weighted by Gasteiger charge is 2.19. The summed E-state index contributed by atoms with van der Waals surface area (Å²) in [4.78, 5) is 18.8. The van der Waals surface area contributed by atoms with Crippen LogP contribution in [0.2, 0.25) is 0 Å². The van der Waals surface area contributed by atoms with E-state index in [1.54, 1.807) is 13.2 Å². The monoisotopic (exact) mass is 374 g/mol. The summed E-state index contributed by atoms with van der Waals surface area (Å²) in [6.45, 7) is 7.82. The zero-order valence-electron chi connectivity index (χ0n) is 16.9. The molecule has 1 aromatic heterocycles. The lowest BCUT2D eigenvalue weighted by atomic mass is 10.1. The first-order chi connectivity index (χ1) is 13.2. The predicted molar refractivity (Wildman–Crippen MR) is 113 cm³/mol. The summed E-state index contributed by atoms with van der Waals surface area (Å²) < 4.78 is 5.40. The normalized spacial score (nSPS) is 15.0. The number of nitrogens with two attached hydrogens (primary N) is 1. The molecule has 0 spiro atoms. The van der Waals surface area contributed by atoms with Gasteiger partial charge in [0.05, 0.1) is 24.4 Å². The highest BCUT2D eigenvalue weighted by atomic mass is 16.5. The van der Waals surface area contributed by atoms with Gasteiger partial charge in [0, 0.05) is 20.2 Å². The van der Waals surface area contributed by atoms with Gasteiger partial charge in [0.25, 0.3) is 0 Å². The minimum absolute atomic E-state index is 0.0663. The van der Waals surface area contributed by atoms with E-state index in [2.05, 4.69) is 40.5 Å². The summed E-state index contributed by atoms with van der Waals surface area (Å²) in [6.07, 6.45) is 10.4. The van der Waals surface area contributed by atoms with E-state index in [-0.39, 0.29) is 5.91 Å². The molecule has 1 aliphatic rings. The quantitative estimate of drug-likeness (QED) is 0.681. The van der Waals surface area contributed by atoms with Crippen molar-refractivity contribution in [2.45, 2.75) is 45.1 Å². The van der Waals surface area contributed by atoms with E-state index >= 15 is 0 Å². The van der Waals surface area contributed by atoms with Crippen molar-refractivity contribution in [1.82, 2.24) is 4.98 Å². The lowest BCUT2D eigenvalue weighted by molar-refractivity contribution is -0.115. The van der Waals surface area contributed by atoms with Gasteiger partial charge in [-0.15, -0.1) is 0 Å². The van der Waals surface area contributed by atoms with E-state index in [9.17, 15) is 4.79 Å². The largest absolute Gasteiger partial charge is 0.381 e. The van der Waals surface area contributed by atoms with E-state index in [0.29, 0.717) is 18.3 Å². The number of hydrogen-bond donors (Lipinski definition) is 2. The smallest absolute Gasteiger partial charge is 0.229 e. The van der Waals surface area contributed by atoms with Gasteiger partial charge >= 0.3 is 0 Å². The lowest BCUT2D eigenvalue weighted by Gasteiger charge is -2.32. The van der Waals surface area contributed by atoms with Gasteiger partial charge in [0.15, 0.2) is 0 Å². The molecule has 0 bridgehead atoms. The Bertz CT molecular complexity index is 591. The number of anilines is 2. The lowest BCUT2D eigenvalue weighted by Crippen LogP contribution is -2.36. The summed E-state index contributed by atoms with van der Waals surface area (Å²) in [5.41, 5.74) is 6.54. The third kappa shape index (κ3) is 7.93. The number of methoxy groups -OCH3 is 1. The molecule has 2 rings (SSSR count). The number of piperidine rings is 1. The Hall–Kier alpha value is -2.18. The molecule has 3 N–H and O–H groups in total. The number of rotatable bonds is 8. The first-order valence-corrected chi connectivity index (χ1v) is 9.59. The summed E-state index contributed by atoms with van der Waals surface area (Å²) >= 11 is 0. The predicted octanol–water partition coefficient (Wildman–Crippen LogP) is 3.51. The number of carbonyl (C=O) groups excluding carboxylic acids is 1. The molecule has 6 nitrogen and oxygen atoms in total. The fourth-order valence-corrected chi connectivity index (χ4v) is 2.93. The van der Waals surface area contributed by atoms with Crippen molar-refractivity contribution in [2.75, 3.05) is 37.5 Å². The van der Waals surface area contributed by atoms with Gasteiger partial charge in [-0.25, -0.2) is 4.98 Å². The molecular formula is C21H34N4O2. The topological polar surface area (TPSA) is 80.5 Å². The van der Waals surface area contributed by atoms with E-state index in [1.807, 2.05) is 18.3 Å². The van der Waals surface area contributed by atoms with Gasteiger partial charge in [-0.1, -0.05) is 32.1 Å². The molecule has 1 aromatic rings. The molecule has 0 unspecified atom stereocenters. The molecule has 1 saturated heterocycles. The first-order valence-electron chi connectivity index (χ1n) is 9.59. The third-order valence-electron chi connectivity index (χ3n) is 4.48. The Morgan fingerprint density at radius 3 is 2.63 bits per heavy atom. The Balaban J connectivity index is 0.00000176. The second-order valence-electron chi connectivity index (χ2n) is 6.32. The Kier molecular flexibility index (Phi) is 11.1. The van der Waals surface area contributed by atoms with E-state index in [4.69, 9.17) is 4.74 Å². The highest BCUT2D eigenvalue weighted by molar-refractivity contribution is 5.91. The molecule has 0 atom stereocenters. The second-order valence-corrected chi connectivity index (χ2v) is 6.32. The van der Waals surface area contributed by atoms with Gasteiger partial charge < -0.3 is 20.7 Å². The molecule has 27 heavy (non-hydrogen) atoms. The maximum Gasteiger partial charge on any atom is 0.229 e. The average molecular weight is 375 g/mol. The first kappa shape index (κ1) is 22.9. The van der Waals surface area contributed by atoms with Crippen LogP contribution in [0.4, 0.5) is 11.5 Å². The number of ether oxygens (including phenoxy) is 1. The molecule has 1 fully saturated rings. The van der Waals surface area contributed by atoms with Crippen molar-refractivity contribution in [1.29, 1.82) is 0 Å². The number of amides is 1. The molecule has 0 radical (unpaired) electrons. The third-order valence-corrected chi connectivity index (χ3v) is 4.48. The van der Waals surface area contributed by atoms with Crippen molar-refractivity contribution in [3.8, 4) is 0 Å². The van der Waals surface area contributed by atoms with Crippen LogP contribution in [0, 0.1) is 0 Å². The molecule has 0 saturated carbocycles.